The van der Waals surface area contributed by atoms with Crippen LogP contribution in [0.4, 0.5) is 0 Å². The number of hydrogen-bond acceptors (Lipinski definition) is 0. The second-order valence-corrected chi connectivity index (χ2v) is 2.28. The van der Waals surface area contributed by atoms with E-state index in [0.717, 1.165) is 6.42 Å². The first-order valence-corrected chi connectivity index (χ1v) is 3.41. The molecule has 0 heterocycles. The molecule has 50 valence electrons. The van der Waals surface area contributed by atoms with E-state index in [4.69, 9.17) is 4.42 Å². The van der Waals surface area contributed by atoms with Gasteiger partial charge in [-0.05, 0) is 0 Å². The summed E-state index contributed by atoms with van der Waals surface area (Å²) in [5, 5.41) is 0. The van der Waals surface area contributed by atoms with E-state index in [-0.39, 0.29) is 0 Å². The average molecular weight is 124 g/mol. The van der Waals surface area contributed by atoms with Gasteiger partial charge in [-0.25, -0.2) is 6.08 Å². The van der Waals surface area contributed by atoms with Crippen LogP contribution in [0.25, 0.3) is 0 Å². The van der Waals surface area contributed by atoms with Crippen LogP contribution in [-0.2, 0) is 4.42 Å². The van der Waals surface area contributed by atoms with Gasteiger partial charge in [0.25, 0.3) is 0 Å². The summed E-state index contributed by atoms with van der Waals surface area (Å²) in [4.78, 5) is 0. The number of hydrogen-bond donors (Lipinski definition) is 0. The van der Waals surface area contributed by atoms with E-state index in [0.29, 0.717) is 0 Å². The van der Waals surface area contributed by atoms with Gasteiger partial charge in [-0.1, -0.05) is 19.3 Å². The van der Waals surface area contributed by atoms with Gasteiger partial charge in [0.15, 0.2) is 0 Å². The molecule has 9 heavy (non-hydrogen) atoms. The van der Waals surface area contributed by atoms with E-state index in [1.807, 2.05) is 0 Å². The van der Waals surface area contributed by atoms with Crippen molar-refractivity contribution in [3.05, 3.63) is 11.6 Å². The van der Waals surface area contributed by atoms with Crippen molar-refractivity contribution in [3.8, 4) is 0 Å². The molecule has 0 bridgehead atoms. The Kier molecular flexibility index (Phi) is 2.49. The highest BCUT2D eigenvalue weighted by Crippen LogP contribution is 2.14. The molecule has 0 amide bonds. The highest BCUT2D eigenvalue weighted by atomic mass is 16.4. The maximum absolute atomic E-state index is 4.76. The molecule has 0 saturated heterocycles. The second-order valence-electron chi connectivity index (χ2n) is 2.28. The Balaban J connectivity index is 2.46. The molecule has 0 saturated carbocycles. The Hall–Kier alpha value is -0.590. The van der Waals surface area contributed by atoms with E-state index in [2.05, 4.69) is 12.4 Å². The van der Waals surface area contributed by atoms with Crippen molar-refractivity contribution in [2.45, 2.75) is 25.7 Å². The molecule has 0 radical (unpaired) electrons. The Labute approximate surface area is 56.1 Å². The minimum atomic E-state index is 1.15. The van der Waals surface area contributed by atoms with Crippen LogP contribution in [0.3, 0.4) is 0 Å². The summed E-state index contributed by atoms with van der Waals surface area (Å²) in [6, 6.07) is 0. The summed E-state index contributed by atoms with van der Waals surface area (Å²) in [6.45, 7) is 0. The normalized spacial score (nSPS) is 20.3. The predicted molar refractivity (Wildman–Crippen MR) is 38.2 cm³/mol. The fraction of sp³-hybridized carbons (Fsp3) is 0.625. The summed E-state index contributed by atoms with van der Waals surface area (Å²) in [5.74, 6) is 0. The predicted octanol–water partition coefficient (Wildman–Crippen LogP) is 1.76. The molecular formula is C8H12O. The molecule has 0 aromatic rings. The van der Waals surface area contributed by atoms with Gasteiger partial charge in [0.2, 0.25) is 13.4 Å². The summed E-state index contributed by atoms with van der Waals surface area (Å²) >= 11 is 0. The van der Waals surface area contributed by atoms with Crippen LogP contribution in [0.5, 0.6) is 0 Å². The lowest BCUT2D eigenvalue weighted by atomic mass is 10.0. The van der Waals surface area contributed by atoms with Gasteiger partial charge in [-0.3, -0.25) is 0 Å². The van der Waals surface area contributed by atoms with Crippen LogP contribution in [0, 0.1) is 0 Å². The molecule has 0 aliphatic heterocycles. The average Bonchev–Trinajstić information content (AvgIpc) is 1.91. The quantitative estimate of drug-likeness (QED) is 0.373. The third-order valence-electron chi connectivity index (χ3n) is 1.52. The van der Waals surface area contributed by atoms with Crippen LogP contribution in [0.15, 0.2) is 11.6 Å². The first-order chi connectivity index (χ1) is 4.43. The molecule has 1 heteroatoms. The Morgan fingerprint density at radius 1 is 1.56 bits per heavy atom. The lowest BCUT2D eigenvalue weighted by molar-refractivity contribution is 0.184. The summed E-state index contributed by atoms with van der Waals surface area (Å²) in [7, 11) is 1.65. The van der Waals surface area contributed by atoms with Crippen molar-refractivity contribution in [1.29, 1.82) is 0 Å². The van der Waals surface area contributed by atoms with Gasteiger partial charge in [-0.2, -0.15) is 0 Å². The van der Waals surface area contributed by atoms with Crippen molar-refractivity contribution < 1.29 is 4.42 Å². The molecule has 1 aliphatic carbocycles. The van der Waals surface area contributed by atoms with Crippen LogP contribution in [0.2, 0.25) is 0 Å². The van der Waals surface area contributed by atoms with Gasteiger partial charge < -0.3 is 4.42 Å². The molecule has 0 fully saturated rings. The third-order valence-corrected chi connectivity index (χ3v) is 1.52. The second kappa shape index (κ2) is 3.44. The molecule has 1 rings (SSSR count). The number of allylic oxidation sites excluding steroid dienone is 2. The zero-order chi connectivity index (χ0) is 6.53. The maximum atomic E-state index is 4.76. The zero-order valence-corrected chi connectivity index (χ0v) is 5.81. The molecule has 0 aromatic carbocycles. The molecule has 1 nitrogen and oxygen atoms in total. The highest BCUT2D eigenvalue weighted by Gasteiger charge is 1.95. The lowest BCUT2D eigenvalue weighted by Crippen LogP contribution is -1.92. The van der Waals surface area contributed by atoms with Gasteiger partial charge in [0.05, 0.1) is 0 Å². The van der Waals surface area contributed by atoms with Crippen LogP contribution < -0.4 is 0 Å². The fourth-order valence-electron chi connectivity index (χ4n) is 1.06. The van der Waals surface area contributed by atoms with E-state index in [9.17, 15) is 0 Å². The van der Waals surface area contributed by atoms with E-state index in [1.165, 1.54) is 24.8 Å². The molecular weight excluding hydrogens is 112 g/mol. The van der Waals surface area contributed by atoms with Gasteiger partial charge in [-0.15, -0.1) is 12.0 Å². The van der Waals surface area contributed by atoms with Crippen LogP contribution in [0.1, 0.15) is 25.7 Å². The maximum Gasteiger partial charge on any atom is 0.229 e. The minimum absolute atomic E-state index is 1.15. The van der Waals surface area contributed by atoms with Crippen LogP contribution in [-0.4, -0.2) is 13.4 Å². The number of rotatable bonds is 1. The SMILES string of the molecule is C[O+]=[C-]C1=CCCCC1. The molecule has 0 spiro atoms. The topological polar surface area (TPSA) is 11.3 Å². The van der Waals surface area contributed by atoms with E-state index >= 15 is 0 Å². The van der Waals surface area contributed by atoms with Crippen molar-refractivity contribution in [1.82, 2.24) is 0 Å². The fourth-order valence-corrected chi connectivity index (χ4v) is 1.06. The summed E-state index contributed by atoms with van der Waals surface area (Å²) in [5.41, 5.74) is 1.24. The van der Waals surface area contributed by atoms with Gasteiger partial charge >= 0.3 is 0 Å². The number of carbonyl (C=O) groups excluding carboxylic acids is 1. The smallest absolute Gasteiger partial charge is 0.229 e. The lowest BCUT2D eigenvalue weighted by Gasteiger charge is -2.10. The van der Waals surface area contributed by atoms with Crippen LogP contribution >= 0.6 is 0 Å². The molecule has 0 aromatic heterocycles. The third kappa shape index (κ3) is 2.00. The van der Waals surface area contributed by atoms with Crippen molar-refractivity contribution >= 4 is 6.29 Å². The van der Waals surface area contributed by atoms with Crippen molar-refractivity contribution in [2.24, 2.45) is 0 Å². The van der Waals surface area contributed by atoms with E-state index in [1.54, 1.807) is 7.11 Å². The first kappa shape index (κ1) is 6.53. The Morgan fingerprint density at radius 3 is 3.00 bits per heavy atom. The molecule has 0 atom stereocenters. The Bertz CT molecular complexity index is 134. The summed E-state index contributed by atoms with van der Waals surface area (Å²) in [6.07, 6.45) is 10.0. The van der Waals surface area contributed by atoms with Crippen molar-refractivity contribution in [3.63, 3.8) is 0 Å². The zero-order valence-electron chi connectivity index (χ0n) is 5.81. The monoisotopic (exact) mass is 124 g/mol. The van der Waals surface area contributed by atoms with Crippen molar-refractivity contribution in [2.75, 3.05) is 7.11 Å². The first-order valence-electron chi connectivity index (χ1n) is 3.41. The van der Waals surface area contributed by atoms with E-state index < -0.39 is 0 Å². The highest BCUT2D eigenvalue weighted by molar-refractivity contribution is 5.74. The summed E-state index contributed by atoms with van der Waals surface area (Å²) < 4.78 is 4.76. The molecule has 1 aliphatic rings. The minimum Gasteiger partial charge on any atom is -0.355 e. The van der Waals surface area contributed by atoms with Gasteiger partial charge in [0.1, 0.15) is 0 Å². The molecule has 0 N–H and O–H groups in total. The molecule has 0 unspecified atom stereocenters. The largest absolute Gasteiger partial charge is 0.355 e. The Morgan fingerprint density at radius 2 is 2.44 bits per heavy atom. The van der Waals surface area contributed by atoms with Gasteiger partial charge in [0, 0.05) is 0 Å². The standard InChI is InChI=1S/C8H12O/c1-9-7-8-5-3-2-4-6-8/h5H,2-4,6H2,1H3.